The number of hydrogen-bond donors (Lipinski definition) is 3. The third-order valence-electron chi connectivity index (χ3n) is 1.98. The highest BCUT2D eigenvalue weighted by molar-refractivity contribution is 5.96. The lowest BCUT2D eigenvalue weighted by Gasteiger charge is -2.09. The van der Waals surface area contributed by atoms with Crippen molar-refractivity contribution >= 4 is 17.8 Å². The predicted molar refractivity (Wildman–Crippen MR) is 57.3 cm³/mol. The Bertz CT molecular complexity index is 472. The first-order valence-electron chi connectivity index (χ1n) is 4.72. The van der Waals surface area contributed by atoms with E-state index >= 15 is 0 Å². The van der Waals surface area contributed by atoms with E-state index in [1.54, 1.807) is 0 Å². The zero-order valence-electron chi connectivity index (χ0n) is 9.01. The number of carboxylic acid groups (broad SMARTS) is 1. The smallest absolute Gasteiger partial charge is 0.354 e. The van der Waals surface area contributed by atoms with Gasteiger partial charge in [-0.05, 0) is 19.1 Å². The fraction of sp³-hybridized carbons (Fsp3) is 0.200. The normalized spacial score (nSPS) is 11.6. The molecular formula is C10H11N3O4. The van der Waals surface area contributed by atoms with Crippen molar-refractivity contribution < 1.29 is 19.5 Å². The molecule has 17 heavy (non-hydrogen) atoms. The Hall–Kier alpha value is -2.44. The number of carbonyl (C=O) groups excluding carboxylic acids is 2. The van der Waals surface area contributed by atoms with E-state index in [4.69, 9.17) is 10.8 Å². The largest absolute Gasteiger partial charge is 0.477 e. The van der Waals surface area contributed by atoms with Gasteiger partial charge in [-0.2, -0.15) is 0 Å². The third kappa shape index (κ3) is 3.26. The lowest BCUT2D eigenvalue weighted by molar-refractivity contribution is -0.119. The number of hydrogen-bond acceptors (Lipinski definition) is 4. The summed E-state index contributed by atoms with van der Waals surface area (Å²) in [6.07, 6.45) is 0. The van der Waals surface area contributed by atoms with Crippen molar-refractivity contribution in [2.24, 2.45) is 5.73 Å². The number of rotatable bonds is 4. The highest BCUT2D eigenvalue weighted by Crippen LogP contribution is 2.00. The molecule has 2 amide bonds. The molecule has 0 aliphatic rings. The van der Waals surface area contributed by atoms with E-state index in [0.717, 1.165) is 0 Å². The zero-order valence-corrected chi connectivity index (χ0v) is 9.01. The van der Waals surface area contributed by atoms with Crippen molar-refractivity contribution in [3.8, 4) is 0 Å². The lowest BCUT2D eigenvalue weighted by Crippen LogP contribution is -2.42. The Morgan fingerprint density at radius 3 is 2.47 bits per heavy atom. The highest BCUT2D eigenvalue weighted by Gasteiger charge is 2.16. The van der Waals surface area contributed by atoms with E-state index in [-0.39, 0.29) is 11.4 Å². The second-order valence-electron chi connectivity index (χ2n) is 3.31. The molecule has 0 aliphatic carbocycles. The van der Waals surface area contributed by atoms with Crippen molar-refractivity contribution in [2.45, 2.75) is 13.0 Å². The summed E-state index contributed by atoms with van der Waals surface area (Å²) in [5.41, 5.74) is 4.64. The van der Waals surface area contributed by atoms with Crippen molar-refractivity contribution in [1.82, 2.24) is 10.3 Å². The minimum absolute atomic E-state index is 0.0852. The number of pyridine rings is 1. The van der Waals surface area contributed by atoms with Crippen LogP contribution in [-0.2, 0) is 4.79 Å². The molecule has 7 nitrogen and oxygen atoms in total. The van der Waals surface area contributed by atoms with Crippen LogP contribution in [0.2, 0.25) is 0 Å². The third-order valence-corrected chi connectivity index (χ3v) is 1.98. The average Bonchev–Trinajstić information content (AvgIpc) is 2.28. The summed E-state index contributed by atoms with van der Waals surface area (Å²) in [7, 11) is 0. The van der Waals surface area contributed by atoms with Gasteiger partial charge in [0.25, 0.3) is 5.91 Å². The van der Waals surface area contributed by atoms with E-state index in [0.29, 0.717) is 0 Å². The van der Waals surface area contributed by atoms with Gasteiger partial charge in [0.2, 0.25) is 5.91 Å². The molecule has 0 aliphatic heterocycles. The van der Waals surface area contributed by atoms with Gasteiger partial charge < -0.3 is 16.2 Å². The standard InChI is InChI=1S/C10H11N3O4/c1-5(8(11)14)12-9(15)6-3-2-4-7(13-6)10(16)17/h2-5H,1H3,(H2,11,14)(H,12,15)(H,16,17). The second kappa shape index (κ2) is 5.06. The molecule has 0 radical (unpaired) electrons. The molecule has 1 atom stereocenters. The molecule has 7 heteroatoms. The van der Waals surface area contributed by atoms with E-state index in [9.17, 15) is 14.4 Å². The lowest BCUT2D eigenvalue weighted by atomic mass is 10.2. The van der Waals surface area contributed by atoms with Gasteiger partial charge in [-0.1, -0.05) is 6.07 Å². The maximum atomic E-state index is 11.6. The van der Waals surface area contributed by atoms with Crippen molar-refractivity contribution in [3.05, 3.63) is 29.6 Å². The molecule has 0 saturated carbocycles. The van der Waals surface area contributed by atoms with E-state index in [1.165, 1.54) is 25.1 Å². The van der Waals surface area contributed by atoms with Crippen molar-refractivity contribution in [3.63, 3.8) is 0 Å². The van der Waals surface area contributed by atoms with Gasteiger partial charge in [-0.25, -0.2) is 9.78 Å². The summed E-state index contributed by atoms with van der Waals surface area (Å²) < 4.78 is 0. The molecule has 1 aromatic heterocycles. The molecule has 0 spiro atoms. The SMILES string of the molecule is CC(NC(=O)c1cccc(C(=O)O)n1)C(N)=O. The predicted octanol–water partition coefficient (Wildman–Crippen LogP) is -0.617. The summed E-state index contributed by atoms with van der Waals surface area (Å²) in [6, 6.07) is 3.14. The fourth-order valence-electron chi connectivity index (χ4n) is 1.02. The molecule has 1 heterocycles. The summed E-state index contributed by atoms with van der Waals surface area (Å²) in [5.74, 6) is -2.57. The van der Waals surface area contributed by atoms with Crippen LogP contribution in [0.1, 0.15) is 27.9 Å². The number of aromatic carboxylic acids is 1. The van der Waals surface area contributed by atoms with Gasteiger partial charge in [-0.15, -0.1) is 0 Å². The Labute approximate surface area is 96.6 Å². The summed E-state index contributed by atoms with van der Waals surface area (Å²) >= 11 is 0. The summed E-state index contributed by atoms with van der Waals surface area (Å²) in [4.78, 5) is 36.6. The molecule has 1 aromatic rings. The maximum absolute atomic E-state index is 11.6. The maximum Gasteiger partial charge on any atom is 0.354 e. The first-order valence-corrected chi connectivity index (χ1v) is 4.72. The first kappa shape index (κ1) is 12.6. The second-order valence-corrected chi connectivity index (χ2v) is 3.31. The fourth-order valence-corrected chi connectivity index (χ4v) is 1.02. The molecule has 0 fully saturated rings. The molecular weight excluding hydrogens is 226 g/mol. The molecule has 1 rings (SSSR count). The monoisotopic (exact) mass is 237 g/mol. The van der Waals surface area contributed by atoms with Gasteiger partial charge >= 0.3 is 5.97 Å². The van der Waals surface area contributed by atoms with Crippen LogP contribution in [0.15, 0.2) is 18.2 Å². The van der Waals surface area contributed by atoms with Crippen LogP contribution in [0.4, 0.5) is 0 Å². The topological polar surface area (TPSA) is 122 Å². The van der Waals surface area contributed by atoms with Gasteiger partial charge in [0.05, 0.1) is 0 Å². The highest BCUT2D eigenvalue weighted by atomic mass is 16.4. The van der Waals surface area contributed by atoms with Crippen molar-refractivity contribution in [2.75, 3.05) is 0 Å². The van der Waals surface area contributed by atoms with E-state index in [2.05, 4.69) is 10.3 Å². The molecule has 0 aromatic carbocycles. The van der Waals surface area contributed by atoms with Gasteiger partial charge in [0, 0.05) is 0 Å². The number of primary amides is 1. The quantitative estimate of drug-likeness (QED) is 0.644. The van der Waals surface area contributed by atoms with Crippen LogP contribution in [0.5, 0.6) is 0 Å². The number of carboxylic acids is 1. The minimum atomic E-state index is -1.23. The van der Waals surface area contributed by atoms with Crippen LogP contribution in [0, 0.1) is 0 Å². The van der Waals surface area contributed by atoms with Crippen LogP contribution in [-0.4, -0.2) is 33.9 Å². The Morgan fingerprint density at radius 2 is 1.94 bits per heavy atom. The number of nitrogens with two attached hydrogens (primary N) is 1. The van der Waals surface area contributed by atoms with Crippen molar-refractivity contribution in [1.29, 1.82) is 0 Å². The van der Waals surface area contributed by atoms with E-state index in [1.807, 2.05) is 0 Å². The first-order chi connectivity index (χ1) is 7.91. The van der Waals surface area contributed by atoms with Gasteiger partial charge in [-0.3, -0.25) is 9.59 Å². The molecule has 0 bridgehead atoms. The van der Waals surface area contributed by atoms with Crippen LogP contribution in [0.3, 0.4) is 0 Å². The van der Waals surface area contributed by atoms with Gasteiger partial charge in [0.15, 0.2) is 0 Å². The summed E-state index contributed by atoms with van der Waals surface area (Å²) in [5, 5.41) is 11.0. The number of amides is 2. The van der Waals surface area contributed by atoms with Crippen LogP contribution >= 0.6 is 0 Å². The average molecular weight is 237 g/mol. The molecule has 4 N–H and O–H groups in total. The van der Waals surface area contributed by atoms with Crippen LogP contribution in [0.25, 0.3) is 0 Å². The molecule has 0 saturated heterocycles. The van der Waals surface area contributed by atoms with Crippen LogP contribution < -0.4 is 11.1 Å². The zero-order chi connectivity index (χ0) is 13.0. The molecule has 90 valence electrons. The Kier molecular flexibility index (Phi) is 3.76. The molecule has 1 unspecified atom stereocenters. The Morgan fingerprint density at radius 1 is 1.35 bits per heavy atom. The summed E-state index contributed by atoms with van der Waals surface area (Å²) in [6.45, 7) is 1.42. The minimum Gasteiger partial charge on any atom is -0.477 e. The van der Waals surface area contributed by atoms with Gasteiger partial charge in [0.1, 0.15) is 17.4 Å². The van der Waals surface area contributed by atoms with E-state index < -0.39 is 23.8 Å². The number of carbonyl (C=O) groups is 3. The number of nitrogens with zero attached hydrogens (tertiary/aromatic N) is 1. The number of nitrogens with one attached hydrogen (secondary N) is 1. The Balaban J connectivity index is 2.86. The number of aromatic nitrogens is 1.